The Kier molecular flexibility index (Phi) is 13.5. The van der Waals surface area contributed by atoms with E-state index in [4.69, 9.17) is 10.5 Å². The predicted octanol–water partition coefficient (Wildman–Crippen LogP) is 7.44. The molecule has 2 amide bonds. The zero-order chi connectivity index (χ0) is 46.5. The Morgan fingerprint density at radius 2 is 1.70 bits per heavy atom. The molecule has 0 spiro atoms. The highest BCUT2D eigenvalue weighted by Crippen LogP contribution is 2.36. The van der Waals surface area contributed by atoms with E-state index in [-0.39, 0.29) is 38.1 Å². The van der Waals surface area contributed by atoms with E-state index < -0.39 is 21.8 Å². The number of nitrogens with two attached hydrogens (primary N) is 1. The second kappa shape index (κ2) is 19.6. The van der Waals surface area contributed by atoms with Gasteiger partial charge in [-0.15, -0.1) is 0 Å². The number of fused-ring (bicyclic) bond motifs is 2. The second-order valence-electron chi connectivity index (χ2n) is 16.7. The van der Waals surface area contributed by atoms with Crippen LogP contribution in [0.5, 0.6) is 11.5 Å². The molecule has 1 atom stereocenters. The molecule has 8 rings (SSSR count). The van der Waals surface area contributed by atoms with Crippen LogP contribution in [0, 0.1) is 6.92 Å². The zero-order valence-corrected chi connectivity index (χ0v) is 37.5. The summed E-state index contributed by atoms with van der Waals surface area (Å²) in [5, 5.41) is 28.5. The number of aromatic amines is 1. The van der Waals surface area contributed by atoms with E-state index in [0.29, 0.717) is 75.6 Å². The second-order valence-corrected chi connectivity index (χ2v) is 18.7. The molecule has 340 valence electrons. The molecule has 0 radical (unpaired) electrons. The molecule has 1 aliphatic heterocycles. The molecule has 0 aliphatic carbocycles. The van der Waals surface area contributed by atoms with Crippen LogP contribution < -0.4 is 26.7 Å². The van der Waals surface area contributed by atoms with Gasteiger partial charge in [0.25, 0.3) is 11.8 Å². The van der Waals surface area contributed by atoms with Gasteiger partial charge >= 0.3 is 0 Å². The highest BCUT2D eigenvalue weighted by atomic mass is 32.2. The lowest BCUT2D eigenvalue weighted by atomic mass is 9.88. The molecule has 66 heavy (non-hydrogen) atoms. The fraction of sp³-hybridized carbons (Fsp3) is 0.255. The van der Waals surface area contributed by atoms with Crippen molar-refractivity contribution in [3.05, 3.63) is 159 Å². The van der Waals surface area contributed by atoms with Gasteiger partial charge < -0.3 is 41.2 Å². The average molecular weight is 909 g/mol. The number of methoxy groups -OCH3 is 1. The third-order valence-corrected chi connectivity index (χ3v) is 14.1. The van der Waals surface area contributed by atoms with Crippen LogP contribution in [0.4, 0.5) is 11.4 Å². The minimum atomic E-state index is -4.14. The van der Waals surface area contributed by atoms with Crippen LogP contribution in [0.25, 0.3) is 21.8 Å². The van der Waals surface area contributed by atoms with Crippen LogP contribution in [0.1, 0.15) is 80.7 Å². The molecule has 1 fully saturated rings. The number of benzene rings is 5. The number of unbranched alkanes of at least 4 members (excludes halogenated alkanes) is 1. The lowest BCUT2D eigenvalue weighted by molar-refractivity contribution is 0.0712. The van der Waals surface area contributed by atoms with Gasteiger partial charge in [-0.05, 0) is 128 Å². The van der Waals surface area contributed by atoms with E-state index in [1.54, 1.807) is 73.5 Å². The molecule has 7 aromatic rings. The number of hydrogen-bond donors (Lipinski definition) is 6. The van der Waals surface area contributed by atoms with Crippen molar-refractivity contribution in [2.45, 2.75) is 60.8 Å². The number of aromatic nitrogens is 2. The standard InChI is InChI=1S/C51H52N6O8S/c1-31-25-39(28-42-47(31)54-29-43(50(52)61)48(42)55-36-9-6-10-37(27-36)65-2)66(63,64)38-11-5-8-35(26-38)51(62)57-23-20-34(21-24-57)33-14-12-32(13-15-33)7-3-4-22-53-30-45(59)40-16-18-44(58)49-41(40)17-19-46(60)56-49/h5-6,8-19,25-29,34,45,53,58-59H,3-4,7,20-24,30H2,1-2H3,(H2,52,61)(H,54,55)(H,56,60)/t45-/m0/s1. The number of ether oxygens (including phenoxy) is 1. The largest absolute Gasteiger partial charge is 0.506 e. The van der Waals surface area contributed by atoms with Gasteiger partial charge in [0.05, 0.1) is 45.3 Å². The summed E-state index contributed by atoms with van der Waals surface area (Å²) in [5.74, 6) is -0.131. The van der Waals surface area contributed by atoms with Crippen molar-refractivity contribution >= 4 is 54.8 Å². The summed E-state index contributed by atoms with van der Waals surface area (Å²) in [4.78, 5) is 47.0. The first-order valence-corrected chi connectivity index (χ1v) is 23.4. The van der Waals surface area contributed by atoms with E-state index in [0.717, 1.165) is 38.6 Å². The number of pyridine rings is 2. The number of carbonyl (C=O) groups is 2. The molecule has 1 aliphatic rings. The Labute approximate surface area is 382 Å². The Morgan fingerprint density at radius 3 is 2.45 bits per heavy atom. The number of primary amides is 1. The SMILES string of the molecule is COc1cccc(Nc2c(C(N)=O)cnc3c(C)cc(S(=O)(=O)c4cccc(C(=O)N5CCC(c6ccc(CCCCNC[C@H](O)c7ccc(O)c8[nH]c(=O)ccc78)cc6)CC5)c4)cc23)c1. The van der Waals surface area contributed by atoms with E-state index in [2.05, 4.69) is 44.9 Å². The van der Waals surface area contributed by atoms with Crippen molar-refractivity contribution in [2.75, 3.05) is 38.6 Å². The molecule has 0 unspecified atom stereocenters. The third kappa shape index (κ3) is 9.78. The van der Waals surface area contributed by atoms with E-state index in [1.165, 1.54) is 47.7 Å². The normalized spacial score (nSPS) is 13.8. The highest BCUT2D eigenvalue weighted by molar-refractivity contribution is 7.91. The van der Waals surface area contributed by atoms with Crippen LogP contribution in [-0.2, 0) is 16.3 Å². The number of aryl methyl sites for hydroxylation is 2. The number of phenolic OH excluding ortho intramolecular Hbond substituents is 1. The molecular weight excluding hydrogens is 857 g/mol. The predicted molar refractivity (Wildman–Crippen MR) is 254 cm³/mol. The Balaban J connectivity index is 0.856. The Hall–Kier alpha value is -7.07. The van der Waals surface area contributed by atoms with E-state index in [1.807, 2.05) is 0 Å². The van der Waals surface area contributed by atoms with Gasteiger partial charge in [0, 0.05) is 60.0 Å². The molecule has 1 saturated heterocycles. The first-order chi connectivity index (χ1) is 31.8. The highest BCUT2D eigenvalue weighted by Gasteiger charge is 2.27. The molecule has 7 N–H and O–H groups in total. The fourth-order valence-corrected chi connectivity index (χ4v) is 10.2. The number of carbonyl (C=O) groups excluding carboxylic acids is 2. The van der Waals surface area contributed by atoms with E-state index >= 15 is 0 Å². The van der Waals surface area contributed by atoms with Crippen LogP contribution in [0.15, 0.2) is 130 Å². The molecule has 3 heterocycles. The fourth-order valence-electron chi connectivity index (χ4n) is 8.73. The maximum atomic E-state index is 14.3. The van der Waals surface area contributed by atoms with Gasteiger partial charge in [0.15, 0.2) is 0 Å². The number of sulfone groups is 1. The maximum Gasteiger partial charge on any atom is 0.253 e. The average Bonchev–Trinajstić information content (AvgIpc) is 3.33. The molecule has 14 nitrogen and oxygen atoms in total. The number of hydrogen-bond acceptors (Lipinski definition) is 11. The summed E-state index contributed by atoms with van der Waals surface area (Å²) in [6.07, 6.45) is 4.94. The van der Waals surface area contributed by atoms with Gasteiger partial charge in [-0.3, -0.25) is 19.4 Å². The Bertz CT molecular complexity index is 3110. The Morgan fingerprint density at radius 1 is 0.924 bits per heavy atom. The smallest absolute Gasteiger partial charge is 0.253 e. The molecule has 2 aromatic heterocycles. The first kappa shape index (κ1) is 45.5. The number of aliphatic hydroxyl groups excluding tert-OH is 1. The number of rotatable bonds is 16. The first-order valence-electron chi connectivity index (χ1n) is 21.9. The van der Waals surface area contributed by atoms with Crippen molar-refractivity contribution in [3.8, 4) is 11.5 Å². The zero-order valence-electron chi connectivity index (χ0n) is 36.7. The summed E-state index contributed by atoms with van der Waals surface area (Å²) in [5.41, 5.74) is 11.2. The van der Waals surface area contributed by atoms with E-state index in [9.17, 15) is 33.0 Å². The number of anilines is 2. The van der Waals surface area contributed by atoms with Gasteiger partial charge in [0.1, 0.15) is 11.5 Å². The third-order valence-electron chi connectivity index (χ3n) is 12.3. The molecular formula is C51H52N6O8S. The number of aliphatic hydroxyl groups is 1. The molecule has 5 aromatic carbocycles. The minimum Gasteiger partial charge on any atom is -0.506 e. The van der Waals surface area contributed by atoms with Crippen molar-refractivity contribution in [1.82, 2.24) is 20.2 Å². The van der Waals surface area contributed by atoms with Crippen LogP contribution >= 0.6 is 0 Å². The quantitative estimate of drug-likeness (QED) is 0.0524. The topological polar surface area (TPSA) is 217 Å². The van der Waals surface area contributed by atoms with Crippen molar-refractivity contribution < 1.29 is 33.0 Å². The van der Waals surface area contributed by atoms with Crippen LogP contribution in [0.2, 0.25) is 0 Å². The number of likely N-dealkylation sites (tertiary alicyclic amines) is 1. The lowest BCUT2D eigenvalue weighted by Crippen LogP contribution is -2.38. The van der Waals surface area contributed by atoms with Crippen molar-refractivity contribution in [2.24, 2.45) is 5.73 Å². The van der Waals surface area contributed by atoms with Crippen molar-refractivity contribution in [3.63, 3.8) is 0 Å². The number of nitrogens with zero attached hydrogens (tertiary/aromatic N) is 2. The summed E-state index contributed by atoms with van der Waals surface area (Å²) in [6, 6.07) is 31.0. The van der Waals surface area contributed by atoms with Crippen molar-refractivity contribution in [1.29, 1.82) is 0 Å². The van der Waals surface area contributed by atoms with Gasteiger partial charge in [0.2, 0.25) is 15.4 Å². The monoisotopic (exact) mass is 908 g/mol. The number of nitrogens with one attached hydrogen (secondary N) is 3. The van der Waals surface area contributed by atoms with Crippen LogP contribution in [-0.4, -0.2) is 78.6 Å². The van der Waals surface area contributed by atoms with Crippen LogP contribution in [0.3, 0.4) is 0 Å². The van der Waals surface area contributed by atoms with Gasteiger partial charge in [-0.25, -0.2) is 8.42 Å². The summed E-state index contributed by atoms with van der Waals surface area (Å²) in [6.45, 7) is 3.89. The summed E-state index contributed by atoms with van der Waals surface area (Å²) in [7, 11) is -2.60. The summed E-state index contributed by atoms with van der Waals surface area (Å²) < 4.78 is 33.9. The molecule has 0 bridgehead atoms. The summed E-state index contributed by atoms with van der Waals surface area (Å²) >= 11 is 0. The maximum absolute atomic E-state index is 14.3. The number of aromatic hydroxyl groups is 1. The lowest BCUT2D eigenvalue weighted by Gasteiger charge is -2.32. The minimum absolute atomic E-state index is 0.0206. The van der Waals surface area contributed by atoms with Gasteiger partial charge in [-0.1, -0.05) is 42.5 Å². The molecule has 15 heteroatoms. The number of phenols is 1. The molecule has 0 saturated carbocycles. The number of amides is 2. The number of H-pyrrole nitrogens is 1. The van der Waals surface area contributed by atoms with Gasteiger partial charge in [-0.2, -0.15) is 0 Å². The number of piperidine rings is 1.